The summed E-state index contributed by atoms with van der Waals surface area (Å²) < 4.78 is 30.0. The van der Waals surface area contributed by atoms with Gasteiger partial charge in [-0.05, 0) is 30.7 Å². The van der Waals surface area contributed by atoms with E-state index in [1.807, 2.05) is 19.1 Å². The number of benzene rings is 3. The summed E-state index contributed by atoms with van der Waals surface area (Å²) in [6, 6.07) is 18.9. The monoisotopic (exact) mass is 360 g/mol. The highest BCUT2D eigenvalue weighted by molar-refractivity contribution is 5.83. The van der Waals surface area contributed by atoms with E-state index < -0.39 is 22.8 Å². The molecule has 0 aliphatic carbocycles. The van der Waals surface area contributed by atoms with E-state index in [2.05, 4.69) is 10.6 Å². The third-order valence-corrected chi connectivity index (χ3v) is 4.05. The minimum Gasteiger partial charge on any atom is -0.351 e. The van der Waals surface area contributed by atoms with Crippen molar-refractivity contribution in [2.45, 2.75) is 6.92 Å². The van der Waals surface area contributed by atoms with Gasteiger partial charge in [0.05, 0.1) is 0 Å². The largest absolute Gasteiger partial charge is 0.351 e. The van der Waals surface area contributed by atoms with Gasteiger partial charge in [-0.25, -0.2) is 8.78 Å². The van der Waals surface area contributed by atoms with Crippen LogP contribution < -0.4 is 10.6 Å². The second-order valence-corrected chi connectivity index (χ2v) is 5.78. The van der Waals surface area contributed by atoms with E-state index in [9.17, 15) is 10.5 Å². The molecule has 0 aromatic heterocycles. The molecule has 27 heavy (non-hydrogen) atoms. The lowest BCUT2D eigenvalue weighted by Crippen LogP contribution is -2.08. The second kappa shape index (κ2) is 7.55. The second-order valence-electron chi connectivity index (χ2n) is 5.78. The van der Waals surface area contributed by atoms with Crippen molar-refractivity contribution in [3.05, 3.63) is 82.9 Å². The van der Waals surface area contributed by atoms with Crippen molar-refractivity contribution in [3.8, 4) is 12.1 Å². The van der Waals surface area contributed by atoms with Gasteiger partial charge in [-0.15, -0.1) is 0 Å². The molecule has 3 aromatic rings. The zero-order valence-electron chi connectivity index (χ0n) is 14.3. The first-order valence-electron chi connectivity index (χ1n) is 8.06. The van der Waals surface area contributed by atoms with E-state index in [1.165, 1.54) is 0 Å². The highest BCUT2D eigenvalue weighted by atomic mass is 19.1. The van der Waals surface area contributed by atoms with Crippen molar-refractivity contribution in [3.63, 3.8) is 0 Å². The van der Waals surface area contributed by atoms with Crippen LogP contribution in [0.2, 0.25) is 0 Å². The van der Waals surface area contributed by atoms with Gasteiger partial charge in [0.2, 0.25) is 0 Å². The molecule has 0 saturated heterocycles. The molecule has 0 heterocycles. The summed E-state index contributed by atoms with van der Waals surface area (Å²) >= 11 is 0. The minimum atomic E-state index is -0.990. The van der Waals surface area contributed by atoms with Gasteiger partial charge in [-0.2, -0.15) is 10.5 Å². The summed E-state index contributed by atoms with van der Waals surface area (Å²) in [6.45, 7) is 1.82. The average molecular weight is 360 g/mol. The number of halogens is 2. The number of rotatable bonds is 4. The maximum absolute atomic E-state index is 15.0. The molecular weight excluding hydrogens is 346 g/mol. The first-order chi connectivity index (χ1) is 13.1. The van der Waals surface area contributed by atoms with E-state index in [4.69, 9.17) is 0 Å². The summed E-state index contributed by atoms with van der Waals surface area (Å²) in [5.41, 5.74) is 0.135. The van der Waals surface area contributed by atoms with Crippen molar-refractivity contribution >= 4 is 22.7 Å². The Labute approximate surface area is 155 Å². The summed E-state index contributed by atoms with van der Waals surface area (Å²) in [4.78, 5) is 0. The maximum Gasteiger partial charge on any atom is 0.168 e. The number of anilines is 4. The smallest absolute Gasteiger partial charge is 0.168 e. The number of hydrogen-bond acceptors (Lipinski definition) is 4. The van der Waals surface area contributed by atoms with Crippen molar-refractivity contribution in [2.75, 3.05) is 10.6 Å². The lowest BCUT2D eigenvalue weighted by molar-refractivity contribution is 0.600. The summed E-state index contributed by atoms with van der Waals surface area (Å²) in [6.07, 6.45) is 0. The molecular formula is C21H14F2N4. The molecule has 0 spiro atoms. The zero-order valence-corrected chi connectivity index (χ0v) is 14.3. The van der Waals surface area contributed by atoms with Crippen molar-refractivity contribution in [1.29, 1.82) is 10.5 Å². The Balaban J connectivity index is 2.23. The number of hydrogen-bond donors (Lipinski definition) is 2. The molecule has 2 N–H and O–H groups in total. The number of aryl methyl sites for hydroxylation is 1. The Morgan fingerprint density at radius 1 is 0.741 bits per heavy atom. The molecule has 0 bridgehead atoms. The fourth-order valence-electron chi connectivity index (χ4n) is 2.65. The standard InChI is InChI=1S/C21H14F2N4/c1-13-7-5-6-10-17(13)27-21-19(23)16(12-25)15(11-24)18(22)20(21)26-14-8-3-2-4-9-14/h2-10,26-27H,1H3. The highest BCUT2D eigenvalue weighted by Crippen LogP contribution is 2.38. The van der Waals surface area contributed by atoms with Gasteiger partial charge >= 0.3 is 0 Å². The summed E-state index contributed by atoms with van der Waals surface area (Å²) in [7, 11) is 0. The fourth-order valence-corrected chi connectivity index (χ4v) is 2.65. The fraction of sp³-hybridized carbons (Fsp3) is 0.0476. The van der Waals surface area contributed by atoms with Crippen LogP contribution in [0, 0.1) is 41.2 Å². The van der Waals surface area contributed by atoms with Gasteiger partial charge in [0, 0.05) is 11.4 Å². The predicted octanol–water partition coefficient (Wildman–Crippen LogP) is 5.50. The molecule has 0 aliphatic rings. The number of nitrogens with zero attached hydrogens (tertiary/aromatic N) is 2. The molecule has 0 unspecified atom stereocenters. The lowest BCUT2D eigenvalue weighted by Gasteiger charge is -2.18. The van der Waals surface area contributed by atoms with E-state index >= 15 is 8.78 Å². The lowest BCUT2D eigenvalue weighted by atomic mass is 10.0. The number of para-hydroxylation sites is 2. The van der Waals surface area contributed by atoms with E-state index in [1.54, 1.807) is 54.6 Å². The minimum absolute atomic E-state index is 0.235. The molecule has 0 amide bonds. The highest BCUT2D eigenvalue weighted by Gasteiger charge is 2.25. The van der Waals surface area contributed by atoms with Crippen LogP contribution in [-0.4, -0.2) is 0 Å². The molecule has 0 fully saturated rings. The Kier molecular flexibility index (Phi) is 5.01. The van der Waals surface area contributed by atoms with Gasteiger partial charge in [-0.1, -0.05) is 36.4 Å². The van der Waals surface area contributed by atoms with Gasteiger partial charge < -0.3 is 10.6 Å². The predicted molar refractivity (Wildman–Crippen MR) is 100.0 cm³/mol. The quantitative estimate of drug-likeness (QED) is 0.644. The third kappa shape index (κ3) is 3.42. The van der Waals surface area contributed by atoms with Crippen LogP contribution in [-0.2, 0) is 0 Å². The van der Waals surface area contributed by atoms with Crippen LogP contribution in [0.15, 0.2) is 54.6 Å². The van der Waals surface area contributed by atoms with Gasteiger partial charge in [0.15, 0.2) is 11.6 Å². The maximum atomic E-state index is 15.0. The number of nitrogens with one attached hydrogen (secondary N) is 2. The molecule has 0 aliphatic heterocycles. The first kappa shape index (κ1) is 17.9. The molecule has 4 nitrogen and oxygen atoms in total. The zero-order chi connectivity index (χ0) is 19.4. The van der Waals surface area contributed by atoms with Crippen molar-refractivity contribution in [2.24, 2.45) is 0 Å². The van der Waals surface area contributed by atoms with Crippen LogP contribution in [0.3, 0.4) is 0 Å². The van der Waals surface area contributed by atoms with Gasteiger partial charge in [0.1, 0.15) is 34.6 Å². The van der Waals surface area contributed by atoms with E-state index in [0.29, 0.717) is 11.4 Å². The SMILES string of the molecule is Cc1ccccc1Nc1c(F)c(C#N)c(C#N)c(F)c1Nc1ccccc1. The van der Waals surface area contributed by atoms with Gasteiger partial charge in [-0.3, -0.25) is 0 Å². The van der Waals surface area contributed by atoms with Crippen molar-refractivity contribution in [1.82, 2.24) is 0 Å². The van der Waals surface area contributed by atoms with Crippen LogP contribution in [0.1, 0.15) is 16.7 Å². The van der Waals surface area contributed by atoms with Gasteiger partial charge in [0.25, 0.3) is 0 Å². The Hall–Kier alpha value is -3.90. The average Bonchev–Trinajstić information content (AvgIpc) is 2.69. The van der Waals surface area contributed by atoms with E-state index in [-0.39, 0.29) is 11.4 Å². The number of nitriles is 2. The van der Waals surface area contributed by atoms with Crippen LogP contribution in [0.4, 0.5) is 31.5 Å². The van der Waals surface area contributed by atoms with Crippen LogP contribution >= 0.6 is 0 Å². The Morgan fingerprint density at radius 2 is 1.26 bits per heavy atom. The summed E-state index contributed by atoms with van der Waals surface area (Å²) in [5.74, 6) is -1.98. The Bertz CT molecular complexity index is 1080. The molecule has 3 rings (SSSR count). The normalized spacial score (nSPS) is 9.96. The molecule has 132 valence electrons. The summed E-state index contributed by atoms with van der Waals surface area (Å²) in [5, 5.41) is 24.1. The topological polar surface area (TPSA) is 71.6 Å². The third-order valence-electron chi connectivity index (χ3n) is 4.05. The Morgan fingerprint density at radius 3 is 1.81 bits per heavy atom. The van der Waals surface area contributed by atoms with E-state index in [0.717, 1.165) is 5.56 Å². The molecule has 0 atom stereocenters. The van der Waals surface area contributed by atoms with Crippen molar-refractivity contribution < 1.29 is 8.78 Å². The first-order valence-corrected chi connectivity index (χ1v) is 8.06. The molecule has 3 aromatic carbocycles. The molecule has 6 heteroatoms. The molecule has 0 radical (unpaired) electrons. The van der Waals surface area contributed by atoms with Crippen LogP contribution in [0.25, 0.3) is 0 Å². The van der Waals surface area contributed by atoms with Crippen LogP contribution in [0.5, 0.6) is 0 Å². The molecule has 0 saturated carbocycles.